The molecule has 2 atom stereocenters. The van der Waals surface area contributed by atoms with Crippen LogP contribution in [0.25, 0.3) is 0 Å². The highest BCUT2D eigenvalue weighted by Gasteiger charge is 2.40. The lowest BCUT2D eigenvalue weighted by Gasteiger charge is -2.21. The third-order valence-corrected chi connectivity index (χ3v) is 3.01. The number of hydrogen-bond acceptors (Lipinski definition) is 5. The first-order valence-corrected chi connectivity index (χ1v) is 7.72. The van der Waals surface area contributed by atoms with Crippen LogP contribution in [0.4, 0.5) is 0 Å². The van der Waals surface area contributed by atoms with E-state index in [0.29, 0.717) is 25.7 Å². The van der Waals surface area contributed by atoms with Gasteiger partial charge in [-0.05, 0) is 13.7 Å². The smallest absolute Gasteiger partial charge is 0.376 e. The van der Waals surface area contributed by atoms with Crippen molar-refractivity contribution in [1.29, 1.82) is 0 Å². The molecule has 1 aliphatic heterocycles. The zero-order chi connectivity index (χ0) is 15.7. The Kier molecular flexibility index (Phi) is 9.89. The van der Waals surface area contributed by atoms with Crippen LogP contribution in [-0.2, 0) is 9.53 Å². The monoisotopic (exact) mass is 286 g/mol. The second-order valence-electron chi connectivity index (χ2n) is 5.58. The average molecular weight is 286 g/mol. The van der Waals surface area contributed by atoms with E-state index in [1.807, 2.05) is 25.6 Å². The zero-order valence-corrected chi connectivity index (χ0v) is 13.8. The Morgan fingerprint density at radius 2 is 1.95 bits per heavy atom. The molecular formula is C14H31BN2O3. The predicted molar refractivity (Wildman–Crippen MR) is 83.6 cm³/mol. The molecule has 0 aromatic carbocycles. The first kappa shape index (κ1) is 19.4. The molecule has 1 heterocycles. The standard InChI is InChI=1S/C11H23BN2O3.C3H8/c1-5-17-11(15)9-6-14(12(4)16)7-10(9)13-8(2)3;1-3-2/h8-10,13,16H,5-7H2,1-4H3;3H2,1-2H3/t9-,10-;/m0./s1. The van der Waals surface area contributed by atoms with E-state index in [1.54, 1.807) is 6.82 Å². The molecule has 0 amide bonds. The average Bonchev–Trinajstić information content (AvgIpc) is 2.73. The molecule has 1 saturated heterocycles. The van der Waals surface area contributed by atoms with E-state index in [0.717, 1.165) is 0 Å². The minimum Gasteiger partial charge on any atom is -0.466 e. The van der Waals surface area contributed by atoms with Crippen molar-refractivity contribution in [1.82, 2.24) is 10.1 Å². The fraction of sp³-hybridized carbons (Fsp3) is 0.929. The summed E-state index contributed by atoms with van der Waals surface area (Å²) in [7, 11) is -0.522. The van der Waals surface area contributed by atoms with Gasteiger partial charge < -0.3 is 19.9 Å². The van der Waals surface area contributed by atoms with Gasteiger partial charge >= 0.3 is 13.0 Å². The molecular weight excluding hydrogens is 255 g/mol. The van der Waals surface area contributed by atoms with E-state index in [1.165, 1.54) is 6.42 Å². The molecule has 1 rings (SSSR count). The summed E-state index contributed by atoms with van der Waals surface area (Å²) in [5.41, 5.74) is 0. The molecule has 20 heavy (non-hydrogen) atoms. The lowest BCUT2D eigenvalue weighted by molar-refractivity contribution is -0.148. The van der Waals surface area contributed by atoms with Crippen molar-refractivity contribution in [3.05, 3.63) is 0 Å². The van der Waals surface area contributed by atoms with Crippen LogP contribution in [0.3, 0.4) is 0 Å². The van der Waals surface area contributed by atoms with Crippen LogP contribution in [0, 0.1) is 5.92 Å². The molecule has 2 N–H and O–H groups in total. The second-order valence-corrected chi connectivity index (χ2v) is 5.58. The Morgan fingerprint density at radius 1 is 1.40 bits per heavy atom. The van der Waals surface area contributed by atoms with Gasteiger partial charge in [-0.2, -0.15) is 0 Å². The van der Waals surface area contributed by atoms with Gasteiger partial charge in [-0.15, -0.1) is 0 Å². The van der Waals surface area contributed by atoms with E-state index in [-0.39, 0.29) is 17.9 Å². The van der Waals surface area contributed by atoms with Crippen molar-refractivity contribution in [2.45, 2.75) is 59.9 Å². The summed E-state index contributed by atoms with van der Waals surface area (Å²) in [4.78, 5) is 13.7. The fourth-order valence-corrected chi connectivity index (χ4v) is 2.22. The van der Waals surface area contributed by atoms with Gasteiger partial charge in [0.25, 0.3) is 0 Å². The minimum atomic E-state index is -0.522. The maximum Gasteiger partial charge on any atom is 0.376 e. The molecule has 5 nitrogen and oxygen atoms in total. The SMILES string of the molecule is CCC.CCOC(=O)[C@H]1CN(B(C)O)C[C@@H]1NC(C)C. The molecule has 0 spiro atoms. The van der Waals surface area contributed by atoms with Crippen LogP contribution in [-0.4, -0.2) is 54.6 Å². The van der Waals surface area contributed by atoms with E-state index in [2.05, 4.69) is 19.2 Å². The maximum absolute atomic E-state index is 11.8. The molecule has 0 saturated carbocycles. The van der Waals surface area contributed by atoms with Gasteiger partial charge in [0.15, 0.2) is 0 Å². The number of ether oxygens (including phenoxy) is 1. The van der Waals surface area contributed by atoms with Crippen molar-refractivity contribution in [2.24, 2.45) is 5.92 Å². The van der Waals surface area contributed by atoms with Crippen LogP contribution in [0.1, 0.15) is 41.0 Å². The lowest BCUT2D eigenvalue weighted by Crippen LogP contribution is -2.44. The molecule has 1 aliphatic rings. The van der Waals surface area contributed by atoms with Crippen molar-refractivity contribution in [3.63, 3.8) is 0 Å². The Morgan fingerprint density at radius 3 is 2.35 bits per heavy atom. The Balaban J connectivity index is 0.00000110. The Hall–Kier alpha value is -0.585. The van der Waals surface area contributed by atoms with Crippen molar-refractivity contribution >= 4 is 13.0 Å². The topological polar surface area (TPSA) is 61.8 Å². The molecule has 0 aromatic rings. The molecule has 0 aliphatic carbocycles. The third kappa shape index (κ3) is 6.73. The first-order valence-electron chi connectivity index (χ1n) is 7.72. The summed E-state index contributed by atoms with van der Waals surface area (Å²) in [6, 6.07) is 0.370. The fourth-order valence-electron chi connectivity index (χ4n) is 2.22. The number of nitrogens with zero attached hydrogens (tertiary/aromatic N) is 1. The van der Waals surface area contributed by atoms with Crippen LogP contribution in [0.2, 0.25) is 6.82 Å². The molecule has 0 aromatic heterocycles. The zero-order valence-electron chi connectivity index (χ0n) is 13.8. The number of hydrogen-bond donors (Lipinski definition) is 2. The summed E-state index contributed by atoms with van der Waals surface area (Å²) in [5.74, 6) is -0.360. The highest BCUT2D eigenvalue weighted by molar-refractivity contribution is 6.45. The maximum atomic E-state index is 11.8. The highest BCUT2D eigenvalue weighted by atomic mass is 16.5. The predicted octanol–water partition coefficient (Wildman–Crippen LogP) is 1.37. The van der Waals surface area contributed by atoms with E-state index in [9.17, 15) is 9.82 Å². The summed E-state index contributed by atoms with van der Waals surface area (Å²) in [6.45, 7) is 13.5. The lowest BCUT2D eigenvalue weighted by atomic mass is 9.86. The molecule has 0 unspecified atom stereocenters. The van der Waals surface area contributed by atoms with Gasteiger partial charge in [0.2, 0.25) is 0 Å². The van der Waals surface area contributed by atoms with Gasteiger partial charge in [-0.1, -0.05) is 34.1 Å². The van der Waals surface area contributed by atoms with Gasteiger partial charge in [0.1, 0.15) is 0 Å². The highest BCUT2D eigenvalue weighted by Crippen LogP contribution is 2.19. The van der Waals surface area contributed by atoms with Crippen LogP contribution < -0.4 is 5.32 Å². The van der Waals surface area contributed by atoms with E-state index < -0.39 is 7.05 Å². The quantitative estimate of drug-likeness (QED) is 0.590. The van der Waals surface area contributed by atoms with Crippen LogP contribution >= 0.6 is 0 Å². The van der Waals surface area contributed by atoms with Gasteiger partial charge in [0.05, 0.1) is 12.5 Å². The molecule has 1 fully saturated rings. The van der Waals surface area contributed by atoms with Gasteiger partial charge in [0, 0.05) is 25.2 Å². The number of carbonyl (C=O) groups is 1. The second kappa shape index (κ2) is 10.2. The first-order chi connectivity index (χ1) is 9.37. The van der Waals surface area contributed by atoms with Crippen molar-refractivity contribution < 1.29 is 14.6 Å². The summed E-state index contributed by atoms with van der Waals surface area (Å²) in [6.07, 6.45) is 1.25. The summed E-state index contributed by atoms with van der Waals surface area (Å²) < 4.78 is 5.08. The third-order valence-electron chi connectivity index (χ3n) is 3.01. The number of nitrogens with one attached hydrogen (secondary N) is 1. The largest absolute Gasteiger partial charge is 0.466 e. The summed E-state index contributed by atoms with van der Waals surface area (Å²) >= 11 is 0. The van der Waals surface area contributed by atoms with Crippen molar-refractivity contribution in [3.8, 4) is 0 Å². The molecule has 0 bridgehead atoms. The van der Waals surface area contributed by atoms with Crippen LogP contribution in [0.5, 0.6) is 0 Å². The van der Waals surface area contributed by atoms with Gasteiger partial charge in [-0.25, -0.2) is 0 Å². The number of carbonyl (C=O) groups excluding carboxylic acids is 1. The van der Waals surface area contributed by atoms with Crippen LogP contribution in [0.15, 0.2) is 0 Å². The Labute approximate surface area is 124 Å². The number of rotatable bonds is 5. The summed E-state index contributed by atoms with van der Waals surface area (Å²) in [5, 5.41) is 12.9. The number of esters is 1. The normalized spacial score (nSPS) is 22.4. The van der Waals surface area contributed by atoms with Gasteiger partial charge in [-0.3, -0.25) is 4.79 Å². The molecule has 6 heteroatoms. The molecule has 118 valence electrons. The van der Waals surface area contributed by atoms with E-state index >= 15 is 0 Å². The molecule has 0 radical (unpaired) electrons. The Bertz CT molecular complexity index is 275. The van der Waals surface area contributed by atoms with E-state index in [4.69, 9.17) is 4.74 Å². The van der Waals surface area contributed by atoms with Crippen molar-refractivity contribution in [2.75, 3.05) is 19.7 Å². The minimum absolute atomic E-state index is 0.0589.